The summed E-state index contributed by atoms with van der Waals surface area (Å²) >= 11 is 0. The molecule has 0 aliphatic heterocycles. The molecule has 0 aliphatic rings. The van der Waals surface area contributed by atoms with Crippen LogP contribution >= 0.6 is 0 Å². The number of benzene rings is 2. The van der Waals surface area contributed by atoms with Crippen LogP contribution in [0.5, 0.6) is 0 Å². The first-order valence-corrected chi connectivity index (χ1v) is 7.09. The molecule has 0 saturated carbocycles. The molecule has 2 aromatic carbocycles. The summed E-state index contributed by atoms with van der Waals surface area (Å²) in [5, 5.41) is 14.1. The monoisotopic (exact) mass is 278 g/mol. The predicted molar refractivity (Wildman–Crippen MR) is 84.9 cm³/mol. The zero-order chi connectivity index (χ0) is 14.5. The van der Waals surface area contributed by atoms with Crippen LogP contribution in [0.15, 0.2) is 66.9 Å². The molecule has 0 spiro atoms. The van der Waals surface area contributed by atoms with Crippen LogP contribution in [-0.2, 0) is 6.54 Å². The van der Waals surface area contributed by atoms with Gasteiger partial charge in [0.1, 0.15) is 0 Å². The Morgan fingerprint density at radius 3 is 2.67 bits per heavy atom. The molecule has 106 valence electrons. The van der Waals surface area contributed by atoms with Crippen LogP contribution < -0.4 is 5.32 Å². The van der Waals surface area contributed by atoms with E-state index in [-0.39, 0.29) is 12.6 Å². The summed E-state index contributed by atoms with van der Waals surface area (Å²) in [4.78, 5) is 4.32. The van der Waals surface area contributed by atoms with Gasteiger partial charge in [0.15, 0.2) is 0 Å². The standard InChI is InChI=1S/C18H18N2O/c21-13-18(20-12-14-5-2-1-3-6-14)16-8-9-17-15(11-16)7-4-10-19-17/h1-11,18,20-21H,12-13H2. The maximum Gasteiger partial charge on any atom is 0.0702 e. The highest BCUT2D eigenvalue weighted by atomic mass is 16.3. The van der Waals surface area contributed by atoms with E-state index in [1.54, 1.807) is 6.20 Å². The Morgan fingerprint density at radius 2 is 1.86 bits per heavy atom. The number of fused-ring (bicyclic) bond motifs is 1. The number of aromatic nitrogens is 1. The van der Waals surface area contributed by atoms with Crippen molar-refractivity contribution in [2.45, 2.75) is 12.6 Å². The predicted octanol–water partition coefficient (Wildman–Crippen LogP) is 3.06. The van der Waals surface area contributed by atoms with Gasteiger partial charge in [-0.1, -0.05) is 42.5 Å². The molecule has 1 heterocycles. The molecule has 0 radical (unpaired) electrons. The molecule has 0 bridgehead atoms. The van der Waals surface area contributed by atoms with Crippen LogP contribution in [-0.4, -0.2) is 16.7 Å². The van der Waals surface area contributed by atoms with Crippen molar-refractivity contribution in [3.63, 3.8) is 0 Å². The second kappa shape index (κ2) is 6.48. The number of pyridine rings is 1. The SMILES string of the molecule is OCC(NCc1ccccc1)c1ccc2ncccc2c1. The largest absolute Gasteiger partial charge is 0.394 e. The maximum absolute atomic E-state index is 9.65. The molecule has 1 aromatic heterocycles. The van der Waals surface area contributed by atoms with Gasteiger partial charge in [-0.3, -0.25) is 4.98 Å². The summed E-state index contributed by atoms with van der Waals surface area (Å²) in [5.41, 5.74) is 3.26. The first kappa shape index (κ1) is 13.7. The van der Waals surface area contributed by atoms with Crippen LogP contribution in [0.1, 0.15) is 17.2 Å². The van der Waals surface area contributed by atoms with Crippen molar-refractivity contribution in [3.8, 4) is 0 Å². The number of hydrogen-bond donors (Lipinski definition) is 2. The Kier molecular flexibility index (Phi) is 4.24. The molecule has 21 heavy (non-hydrogen) atoms. The fraction of sp³-hybridized carbons (Fsp3) is 0.167. The average molecular weight is 278 g/mol. The fourth-order valence-corrected chi connectivity index (χ4v) is 2.44. The van der Waals surface area contributed by atoms with Crippen molar-refractivity contribution in [1.29, 1.82) is 0 Å². The number of nitrogens with zero attached hydrogens (tertiary/aromatic N) is 1. The van der Waals surface area contributed by atoms with Crippen LogP contribution in [0.2, 0.25) is 0 Å². The summed E-state index contributed by atoms with van der Waals surface area (Å²) in [6.45, 7) is 0.801. The summed E-state index contributed by atoms with van der Waals surface area (Å²) in [6, 6.07) is 20.2. The molecule has 0 fully saturated rings. The van der Waals surface area contributed by atoms with Crippen molar-refractivity contribution >= 4 is 10.9 Å². The second-order valence-corrected chi connectivity index (χ2v) is 5.06. The van der Waals surface area contributed by atoms with E-state index in [1.165, 1.54) is 5.56 Å². The van der Waals surface area contributed by atoms with Gasteiger partial charge in [0.2, 0.25) is 0 Å². The molecule has 3 heteroatoms. The number of hydrogen-bond acceptors (Lipinski definition) is 3. The third kappa shape index (κ3) is 3.27. The van der Waals surface area contributed by atoms with Crippen molar-refractivity contribution < 1.29 is 5.11 Å². The van der Waals surface area contributed by atoms with Crippen LogP contribution in [0.25, 0.3) is 10.9 Å². The number of nitrogens with one attached hydrogen (secondary N) is 1. The lowest BCUT2D eigenvalue weighted by atomic mass is 10.0. The molecule has 3 rings (SSSR count). The Hall–Kier alpha value is -2.23. The second-order valence-electron chi connectivity index (χ2n) is 5.06. The van der Waals surface area contributed by atoms with Gasteiger partial charge in [-0.05, 0) is 29.3 Å². The van der Waals surface area contributed by atoms with Gasteiger partial charge >= 0.3 is 0 Å². The number of aliphatic hydroxyl groups excluding tert-OH is 1. The van der Waals surface area contributed by atoms with E-state index in [1.807, 2.05) is 42.5 Å². The Balaban J connectivity index is 1.78. The molecule has 2 N–H and O–H groups in total. The van der Waals surface area contributed by atoms with Gasteiger partial charge in [-0.25, -0.2) is 0 Å². The van der Waals surface area contributed by atoms with Gasteiger partial charge in [0.25, 0.3) is 0 Å². The van der Waals surface area contributed by atoms with E-state index in [4.69, 9.17) is 0 Å². The minimum Gasteiger partial charge on any atom is -0.394 e. The van der Waals surface area contributed by atoms with Gasteiger partial charge in [-0.15, -0.1) is 0 Å². The Labute approximate surface area is 124 Å². The molecule has 0 amide bonds. The van der Waals surface area contributed by atoms with Crippen molar-refractivity contribution in [1.82, 2.24) is 10.3 Å². The van der Waals surface area contributed by atoms with Gasteiger partial charge < -0.3 is 10.4 Å². The van der Waals surface area contributed by atoms with Crippen molar-refractivity contribution in [2.75, 3.05) is 6.61 Å². The van der Waals surface area contributed by atoms with Crippen LogP contribution in [0.3, 0.4) is 0 Å². The van der Waals surface area contributed by atoms with Crippen molar-refractivity contribution in [2.24, 2.45) is 0 Å². The normalized spacial score (nSPS) is 12.4. The van der Waals surface area contributed by atoms with Crippen LogP contribution in [0, 0.1) is 0 Å². The first-order chi connectivity index (χ1) is 10.4. The molecule has 3 aromatic rings. The first-order valence-electron chi connectivity index (χ1n) is 7.09. The van der Waals surface area contributed by atoms with E-state index in [2.05, 4.69) is 28.5 Å². The molecule has 1 atom stereocenters. The van der Waals surface area contributed by atoms with E-state index in [9.17, 15) is 5.11 Å². The number of rotatable bonds is 5. The highest BCUT2D eigenvalue weighted by molar-refractivity contribution is 5.79. The summed E-state index contributed by atoms with van der Waals surface area (Å²) in [7, 11) is 0. The molecular formula is C18H18N2O. The minimum atomic E-state index is -0.0742. The molecular weight excluding hydrogens is 260 g/mol. The number of aliphatic hydroxyl groups is 1. The molecule has 3 nitrogen and oxygen atoms in total. The van der Waals surface area contributed by atoms with E-state index in [0.29, 0.717) is 0 Å². The fourth-order valence-electron chi connectivity index (χ4n) is 2.44. The third-order valence-electron chi connectivity index (χ3n) is 3.61. The topological polar surface area (TPSA) is 45.1 Å². The van der Waals surface area contributed by atoms with Gasteiger partial charge in [0.05, 0.1) is 18.2 Å². The minimum absolute atomic E-state index is 0.0681. The van der Waals surface area contributed by atoms with Gasteiger partial charge in [-0.2, -0.15) is 0 Å². The molecule has 1 unspecified atom stereocenters. The van der Waals surface area contributed by atoms with Crippen LogP contribution in [0.4, 0.5) is 0 Å². The highest BCUT2D eigenvalue weighted by Crippen LogP contribution is 2.19. The third-order valence-corrected chi connectivity index (χ3v) is 3.61. The van der Waals surface area contributed by atoms with Gasteiger partial charge in [0, 0.05) is 18.1 Å². The lowest BCUT2D eigenvalue weighted by Crippen LogP contribution is -2.23. The quantitative estimate of drug-likeness (QED) is 0.754. The maximum atomic E-state index is 9.65. The Bertz CT molecular complexity index is 712. The van der Waals surface area contributed by atoms with E-state index < -0.39 is 0 Å². The molecule has 0 aliphatic carbocycles. The average Bonchev–Trinajstić information content (AvgIpc) is 2.56. The van der Waals surface area contributed by atoms with E-state index in [0.717, 1.165) is 23.0 Å². The molecule has 0 saturated heterocycles. The smallest absolute Gasteiger partial charge is 0.0702 e. The van der Waals surface area contributed by atoms with Crippen molar-refractivity contribution in [3.05, 3.63) is 78.0 Å². The lowest BCUT2D eigenvalue weighted by molar-refractivity contribution is 0.244. The zero-order valence-corrected chi connectivity index (χ0v) is 11.7. The Morgan fingerprint density at radius 1 is 1.00 bits per heavy atom. The summed E-state index contributed by atoms with van der Waals surface area (Å²) < 4.78 is 0. The zero-order valence-electron chi connectivity index (χ0n) is 11.7. The lowest BCUT2D eigenvalue weighted by Gasteiger charge is -2.17. The highest BCUT2D eigenvalue weighted by Gasteiger charge is 2.10. The summed E-state index contributed by atoms with van der Waals surface area (Å²) in [5.74, 6) is 0. The van der Waals surface area contributed by atoms with E-state index >= 15 is 0 Å². The summed E-state index contributed by atoms with van der Waals surface area (Å²) in [6.07, 6.45) is 1.79.